The molecule has 3 aromatic heterocycles. The number of fused-ring (bicyclic) bond motifs is 1. The summed E-state index contributed by atoms with van der Waals surface area (Å²) in [6, 6.07) is 3.91. The number of hydrogen-bond donors (Lipinski definition) is 2. The van der Waals surface area contributed by atoms with Gasteiger partial charge in [0.05, 0.1) is 19.4 Å². The monoisotopic (exact) mass is 305 g/mol. The summed E-state index contributed by atoms with van der Waals surface area (Å²) < 4.78 is 7.15. The molecule has 0 amide bonds. The molecule has 2 N–H and O–H groups in total. The Kier molecular flexibility index (Phi) is 3.16. The Hall–Kier alpha value is -1.86. The van der Waals surface area contributed by atoms with Gasteiger partial charge in [-0.1, -0.05) is 11.3 Å². The molecule has 0 aromatic carbocycles. The first-order chi connectivity index (χ1) is 10.3. The van der Waals surface area contributed by atoms with Crippen LogP contribution in [-0.4, -0.2) is 32.8 Å². The van der Waals surface area contributed by atoms with Crippen molar-refractivity contribution >= 4 is 16.3 Å². The second-order valence-electron chi connectivity index (χ2n) is 5.41. The number of nitrogens with zero attached hydrogens (tertiary/aromatic N) is 3. The first-order valence-electron chi connectivity index (χ1n) is 7.24. The lowest BCUT2D eigenvalue weighted by Gasteiger charge is -2.29. The number of rotatable bonds is 3. The molecule has 0 aliphatic carbocycles. The molecule has 1 aliphatic rings. The molecule has 21 heavy (non-hydrogen) atoms. The fraction of sp³-hybridized carbons (Fsp3) is 0.429. The Morgan fingerprint density at radius 1 is 1.33 bits per heavy atom. The zero-order valence-electron chi connectivity index (χ0n) is 11.5. The third-order valence-electron chi connectivity index (χ3n) is 4.13. The molecule has 0 unspecified atom stereocenters. The minimum Gasteiger partial charge on any atom is -0.492 e. The number of aromatic hydroxyl groups is 1. The minimum absolute atomic E-state index is 0.0220. The maximum absolute atomic E-state index is 10.5. The van der Waals surface area contributed by atoms with Crippen LogP contribution >= 0.6 is 11.3 Å². The van der Waals surface area contributed by atoms with Crippen molar-refractivity contribution in [2.24, 2.45) is 0 Å². The lowest BCUT2D eigenvalue weighted by molar-refractivity contribution is -0.930. The molecule has 3 aromatic rings. The van der Waals surface area contributed by atoms with Crippen molar-refractivity contribution in [2.45, 2.75) is 25.3 Å². The molecule has 6 nitrogen and oxygen atoms in total. The standard InChI is InChI=1S/C14H16N4O2S/c19-13-12(21-14-15-9-16-18(13)14)11(10-5-4-8-20-10)17-6-2-1-3-7-17/h4-5,8-9,11,19H,1-3,6-7H2/p+1/t11-/m0/s1. The van der Waals surface area contributed by atoms with Gasteiger partial charge in [0, 0.05) is 0 Å². The predicted molar refractivity (Wildman–Crippen MR) is 77.6 cm³/mol. The average Bonchev–Trinajstić information content (AvgIpc) is 3.22. The van der Waals surface area contributed by atoms with E-state index in [-0.39, 0.29) is 11.9 Å². The van der Waals surface area contributed by atoms with Gasteiger partial charge in [0.1, 0.15) is 11.2 Å². The van der Waals surface area contributed by atoms with Crippen LogP contribution in [-0.2, 0) is 0 Å². The van der Waals surface area contributed by atoms with Crippen molar-refractivity contribution in [1.82, 2.24) is 14.6 Å². The molecular formula is C14H17N4O2S+. The van der Waals surface area contributed by atoms with E-state index in [1.807, 2.05) is 12.1 Å². The highest BCUT2D eigenvalue weighted by atomic mass is 32.1. The van der Waals surface area contributed by atoms with Crippen molar-refractivity contribution < 1.29 is 14.4 Å². The highest BCUT2D eigenvalue weighted by Gasteiger charge is 2.35. The number of likely N-dealkylation sites (tertiary alicyclic amines) is 1. The summed E-state index contributed by atoms with van der Waals surface area (Å²) in [6.07, 6.45) is 6.88. The summed E-state index contributed by atoms with van der Waals surface area (Å²) in [4.78, 5) is 7.22. The molecule has 0 bridgehead atoms. The van der Waals surface area contributed by atoms with Crippen LogP contribution in [0.5, 0.6) is 5.88 Å². The Morgan fingerprint density at radius 3 is 2.90 bits per heavy atom. The summed E-state index contributed by atoms with van der Waals surface area (Å²) in [7, 11) is 0. The predicted octanol–water partition coefficient (Wildman–Crippen LogP) is 1.25. The summed E-state index contributed by atoms with van der Waals surface area (Å²) in [5.74, 6) is 1.08. The third kappa shape index (κ3) is 2.13. The van der Waals surface area contributed by atoms with Crippen LogP contribution in [0.4, 0.5) is 0 Å². The van der Waals surface area contributed by atoms with Crippen LogP contribution in [0.15, 0.2) is 29.1 Å². The fourth-order valence-electron chi connectivity index (χ4n) is 3.15. The smallest absolute Gasteiger partial charge is 0.235 e. The van der Waals surface area contributed by atoms with Gasteiger partial charge in [0.15, 0.2) is 11.8 Å². The van der Waals surface area contributed by atoms with Gasteiger partial charge >= 0.3 is 0 Å². The molecule has 0 saturated carbocycles. The van der Waals surface area contributed by atoms with Gasteiger partial charge in [-0.25, -0.2) is 4.98 Å². The summed E-state index contributed by atoms with van der Waals surface area (Å²) in [5.41, 5.74) is 0. The van der Waals surface area contributed by atoms with Gasteiger partial charge < -0.3 is 14.4 Å². The topological polar surface area (TPSA) is 68.0 Å². The maximum atomic E-state index is 10.5. The Morgan fingerprint density at radius 2 is 2.19 bits per heavy atom. The maximum Gasteiger partial charge on any atom is 0.235 e. The van der Waals surface area contributed by atoms with E-state index < -0.39 is 0 Å². The zero-order valence-corrected chi connectivity index (χ0v) is 12.3. The second kappa shape index (κ2) is 5.16. The van der Waals surface area contributed by atoms with E-state index >= 15 is 0 Å². The van der Waals surface area contributed by atoms with E-state index in [4.69, 9.17) is 4.42 Å². The number of quaternary nitrogens is 1. The molecule has 1 aliphatic heterocycles. The molecule has 0 spiro atoms. The van der Waals surface area contributed by atoms with E-state index in [1.54, 1.807) is 6.26 Å². The molecule has 4 heterocycles. The Bertz CT molecular complexity index is 727. The van der Waals surface area contributed by atoms with Crippen LogP contribution in [0.25, 0.3) is 4.96 Å². The van der Waals surface area contributed by atoms with Crippen molar-refractivity contribution in [3.05, 3.63) is 35.4 Å². The number of furan rings is 1. The van der Waals surface area contributed by atoms with Crippen molar-refractivity contribution in [3.8, 4) is 5.88 Å². The normalized spacial score (nSPS) is 18.3. The number of aromatic nitrogens is 3. The van der Waals surface area contributed by atoms with E-state index in [0.29, 0.717) is 0 Å². The fourth-order valence-corrected chi connectivity index (χ4v) is 4.24. The molecule has 1 atom stereocenters. The Labute approximate surface area is 125 Å². The van der Waals surface area contributed by atoms with Gasteiger partial charge in [-0.3, -0.25) is 0 Å². The van der Waals surface area contributed by atoms with Crippen LogP contribution in [0.3, 0.4) is 0 Å². The largest absolute Gasteiger partial charge is 0.492 e. The van der Waals surface area contributed by atoms with Crippen molar-refractivity contribution in [1.29, 1.82) is 0 Å². The van der Waals surface area contributed by atoms with Gasteiger partial charge in [-0.2, -0.15) is 9.61 Å². The number of nitrogens with one attached hydrogen (secondary N) is 1. The van der Waals surface area contributed by atoms with Gasteiger partial charge in [0.25, 0.3) is 0 Å². The third-order valence-corrected chi connectivity index (χ3v) is 5.23. The average molecular weight is 305 g/mol. The van der Waals surface area contributed by atoms with Crippen LogP contribution in [0, 0.1) is 0 Å². The van der Waals surface area contributed by atoms with Crippen LogP contribution < -0.4 is 4.90 Å². The number of hydrogen-bond acceptors (Lipinski definition) is 5. The van der Waals surface area contributed by atoms with Crippen molar-refractivity contribution in [2.75, 3.05) is 13.1 Å². The van der Waals surface area contributed by atoms with Gasteiger partial charge in [0.2, 0.25) is 10.8 Å². The summed E-state index contributed by atoms with van der Waals surface area (Å²) in [6.45, 7) is 2.19. The number of piperidine rings is 1. The highest BCUT2D eigenvalue weighted by molar-refractivity contribution is 7.17. The van der Waals surface area contributed by atoms with Gasteiger partial charge in [-0.15, -0.1) is 0 Å². The number of thiazole rings is 1. The van der Waals surface area contributed by atoms with E-state index in [2.05, 4.69) is 10.1 Å². The van der Waals surface area contributed by atoms with Gasteiger partial charge in [-0.05, 0) is 31.4 Å². The zero-order chi connectivity index (χ0) is 14.2. The summed E-state index contributed by atoms with van der Waals surface area (Å²) >= 11 is 1.49. The molecule has 4 rings (SSSR count). The van der Waals surface area contributed by atoms with Crippen LogP contribution in [0.1, 0.15) is 35.9 Å². The quantitative estimate of drug-likeness (QED) is 0.764. The SMILES string of the molecule is Oc1c([C@H](c2ccco2)[NH+]2CCCCC2)sc2ncnn12. The van der Waals surface area contributed by atoms with E-state index in [9.17, 15) is 5.11 Å². The molecule has 0 radical (unpaired) electrons. The lowest BCUT2D eigenvalue weighted by atomic mass is 10.1. The van der Waals surface area contributed by atoms with E-state index in [0.717, 1.165) is 28.7 Å². The Balaban J connectivity index is 1.81. The molecule has 1 saturated heterocycles. The molecule has 7 heteroatoms. The molecule has 110 valence electrons. The molecular weight excluding hydrogens is 288 g/mol. The minimum atomic E-state index is 0.0220. The van der Waals surface area contributed by atoms with Crippen molar-refractivity contribution in [3.63, 3.8) is 0 Å². The lowest BCUT2D eigenvalue weighted by Crippen LogP contribution is -3.13. The molecule has 1 fully saturated rings. The van der Waals surface area contributed by atoms with Crippen LogP contribution in [0.2, 0.25) is 0 Å². The van der Waals surface area contributed by atoms with E-state index in [1.165, 1.54) is 46.3 Å². The highest BCUT2D eigenvalue weighted by Crippen LogP contribution is 2.34. The first kappa shape index (κ1) is 12.8. The first-order valence-corrected chi connectivity index (χ1v) is 8.05. The second-order valence-corrected chi connectivity index (χ2v) is 6.42. The summed E-state index contributed by atoms with van der Waals surface area (Å²) in [5, 5.41) is 14.6.